The van der Waals surface area contributed by atoms with Gasteiger partial charge in [-0.3, -0.25) is 14.4 Å². The number of amides is 3. The Morgan fingerprint density at radius 2 is 1.73 bits per heavy atom. The molecule has 0 saturated carbocycles. The highest BCUT2D eigenvalue weighted by molar-refractivity contribution is 6.31. The molecule has 6 nitrogen and oxygen atoms in total. The van der Waals surface area contributed by atoms with Gasteiger partial charge in [-0.15, -0.1) is 0 Å². The fourth-order valence-electron chi connectivity index (χ4n) is 4.99. The van der Waals surface area contributed by atoms with Gasteiger partial charge in [-0.2, -0.15) is 0 Å². The second-order valence-electron chi connectivity index (χ2n) is 9.90. The number of nitrogens with one attached hydrogen (secondary N) is 1. The minimum atomic E-state index is -1.04. The Kier molecular flexibility index (Phi) is 4.99. The number of carbonyl (C=O) groups excluding carboxylic acids is 3. The lowest BCUT2D eigenvalue weighted by molar-refractivity contribution is -0.126. The maximum atomic E-state index is 13.4. The molecule has 0 aromatic heterocycles. The lowest BCUT2D eigenvalue weighted by atomic mass is 9.77. The molecule has 1 N–H and O–H groups in total. The van der Waals surface area contributed by atoms with Crippen molar-refractivity contribution >= 4 is 35.0 Å². The molecule has 7 heteroatoms. The molecule has 2 saturated heterocycles. The molecule has 4 atom stereocenters. The zero-order valence-corrected chi connectivity index (χ0v) is 19.4. The SMILES string of the molecule is CC(C)(C)c1ccc(C(=O)NC[C@]23C=C[C@H](O2)[C@H]2C(=O)N(c4ccc(Cl)cc4)C(=O)[C@@H]23)cc1. The van der Waals surface area contributed by atoms with Gasteiger partial charge in [-0.05, 0) is 47.4 Å². The Bertz CT molecular complexity index is 1170. The van der Waals surface area contributed by atoms with Crippen molar-refractivity contribution in [2.24, 2.45) is 11.8 Å². The summed E-state index contributed by atoms with van der Waals surface area (Å²) in [5, 5.41) is 3.44. The summed E-state index contributed by atoms with van der Waals surface area (Å²) < 4.78 is 6.11. The van der Waals surface area contributed by atoms with E-state index < -0.39 is 23.5 Å². The van der Waals surface area contributed by atoms with Crippen LogP contribution in [0.1, 0.15) is 36.7 Å². The molecule has 2 aromatic carbocycles. The quantitative estimate of drug-likeness (QED) is 0.550. The largest absolute Gasteiger partial charge is 0.360 e. The molecule has 0 radical (unpaired) electrons. The van der Waals surface area contributed by atoms with Gasteiger partial charge in [0.1, 0.15) is 5.60 Å². The third-order valence-electron chi connectivity index (χ3n) is 6.78. The first kappa shape index (κ1) is 21.9. The van der Waals surface area contributed by atoms with Gasteiger partial charge >= 0.3 is 0 Å². The van der Waals surface area contributed by atoms with Gasteiger partial charge in [0.25, 0.3) is 5.91 Å². The predicted octanol–water partition coefficient (Wildman–Crippen LogP) is 3.88. The van der Waals surface area contributed by atoms with Crippen LogP contribution in [0.15, 0.2) is 60.7 Å². The molecule has 2 bridgehead atoms. The Hall–Kier alpha value is -2.96. The van der Waals surface area contributed by atoms with Gasteiger partial charge in [0.15, 0.2) is 0 Å². The number of hydrogen-bond acceptors (Lipinski definition) is 4. The van der Waals surface area contributed by atoms with Crippen LogP contribution in [0.3, 0.4) is 0 Å². The van der Waals surface area contributed by atoms with E-state index in [1.165, 1.54) is 4.90 Å². The molecule has 5 rings (SSSR count). The average molecular weight is 465 g/mol. The lowest BCUT2D eigenvalue weighted by Gasteiger charge is -2.29. The van der Waals surface area contributed by atoms with Crippen LogP contribution in [-0.4, -0.2) is 36.0 Å². The number of ether oxygens (including phenoxy) is 1. The Labute approximate surface area is 197 Å². The lowest BCUT2D eigenvalue weighted by Crippen LogP contribution is -2.48. The van der Waals surface area contributed by atoms with Crippen molar-refractivity contribution in [1.82, 2.24) is 5.32 Å². The van der Waals surface area contributed by atoms with Crippen molar-refractivity contribution in [1.29, 1.82) is 0 Å². The minimum absolute atomic E-state index is 0.00431. The second-order valence-corrected chi connectivity index (χ2v) is 10.3. The van der Waals surface area contributed by atoms with Crippen LogP contribution in [0, 0.1) is 11.8 Å². The molecule has 2 fully saturated rings. The topological polar surface area (TPSA) is 75.7 Å². The zero-order chi connectivity index (χ0) is 23.5. The number of hydrogen-bond donors (Lipinski definition) is 1. The number of benzene rings is 2. The Balaban J connectivity index is 1.35. The molecule has 3 aliphatic heterocycles. The first-order valence-corrected chi connectivity index (χ1v) is 11.4. The van der Waals surface area contributed by atoms with Gasteiger partial charge < -0.3 is 10.1 Å². The number of anilines is 1. The monoisotopic (exact) mass is 464 g/mol. The van der Waals surface area contributed by atoms with E-state index in [0.717, 1.165) is 5.56 Å². The first-order chi connectivity index (χ1) is 15.6. The highest BCUT2D eigenvalue weighted by Crippen LogP contribution is 2.52. The third-order valence-corrected chi connectivity index (χ3v) is 7.03. The summed E-state index contributed by atoms with van der Waals surface area (Å²) in [6, 6.07) is 14.1. The van der Waals surface area contributed by atoms with Crippen LogP contribution in [0.25, 0.3) is 0 Å². The van der Waals surface area contributed by atoms with Gasteiger partial charge in [-0.25, -0.2) is 4.90 Å². The van der Waals surface area contributed by atoms with Crippen molar-refractivity contribution in [3.8, 4) is 0 Å². The summed E-state index contributed by atoms with van der Waals surface area (Å²) in [6.45, 7) is 6.45. The zero-order valence-electron chi connectivity index (χ0n) is 18.7. The number of fused-ring (bicyclic) bond motifs is 5. The highest BCUT2D eigenvalue weighted by atomic mass is 35.5. The molecule has 0 unspecified atom stereocenters. The van der Waals surface area contributed by atoms with E-state index in [2.05, 4.69) is 26.1 Å². The summed E-state index contributed by atoms with van der Waals surface area (Å²) in [7, 11) is 0. The molecule has 3 aliphatic rings. The molecule has 0 spiro atoms. The number of halogens is 1. The number of carbonyl (C=O) groups is 3. The fraction of sp³-hybridized carbons (Fsp3) is 0.346. The van der Waals surface area contributed by atoms with Gasteiger partial charge in [-0.1, -0.05) is 56.7 Å². The summed E-state index contributed by atoms with van der Waals surface area (Å²) >= 11 is 5.96. The van der Waals surface area contributed by atoms with Crippen LogP contribution in [-0.2, 0) is 19.7 Å². The first-order valence-electron chi connectivity index (χ1n) is 11.0. The molecule has 0 aliphatic carbocycles. The van der Waals surface area contributed by atoms with Gasteiger partial charge in [0.2, 0.25) is 11.8 Å². The van der Waals surface area contributed by atoms with Crippen molar-refractivity contribution < 1.29 is 19.1 Å². The van der Waals surface area contributed by atoms with E-state index in [1.807, 2.05) is 24.3 Å². The molecular weight excluding hydrogens is 440 g/mol. The maximum Gasteiger partial charge on any atom is 0.251 e. The minimum Gasteiger partial charge on any atom is -0.360 e. The van der Waals surface area contributed by atoms with E-state index in [4.69, 9.17) is 16.3 Å². The molecular formula is C26H25ClN2O4. The van der Waals surface area contributed by atoms with Crippen LogP contribution in [0.5, 0.6) is 0 Å². The molecule has 170 valence electrons. The van der Waals surface area contributed by atoms with E-state index in [-0.39, 0.29) is 29.7 Å². The van der Waals surface area contributed by atoms with Crippen molar-refractivity contribution in [3.05, 3.63) is 76.8 Å². The predicted molar refractivity (Wildman–Crippen MR) is 125 cm³/mol. The van der Waals surface area contributed by atoms with Gasteiger partial charge in [0.05, 0.1) is 30.2 Å². The number of imide groups is 1. The van der Waals surface area contributed by atoms with E-state index in [1.54, 1.807) is 36.4 Å². The van der Waals surface area contributed by atoms with Crippen molar-refractivity contribution in [2.75, 3.05) is 11.4 Å². The smallest absolute Gasteiger partial charge is 0.251 e. The third kappa shape index (κ3) is 3.49. The van der Waals surface area contributed by atoms with Gasteiger partial charge in [0, 0.05) is 10.6 Å². The summed E-state index contributed by atoms with van der Waals surface area (Å²) in [5.41, 5.74) is 1.11. The molecule has 3 heterocycles. The molecule has 3 amide bonds. The highest BCUT2D eigenvalue weighted by Gasteiger charge is 2.67. The van der Waals surface area contributed by atoms with E-state index in [0.29, 0.717) is 16.3 Å². The summed E-state index contributed by atoms with van der Waals surface area (Å²) in [5.74, 6) is -2.13. The summed E-state index contributed by atoms with van der Waals surface area (Å²) in [6.07, 6.45) is 3.16. The van der Waals surface area contributed by atoms with Crippen molar-refractivity contribution in [3.63, 3.8) is 0 Å². The van der Waals surface area contributed by atoms with Crippen LogP contribution < -0.4 is 10.2 Å². The van der Waals surface area contributed by atoms with E-state index in [9.17, 15) is 14.4 Å². The maximum absolute atomic E-state index is 13.4. The summed E-state index contributed by atoms with van der Waals surface area (Å²) in [4.78, 5) is 40.6. The number of rotatable bonds is 4. The molecule has 33 heavy (non-hydrogen) atoms. The van der Waals surface area contributed by atoms with Crippen LogP contribution in [0.2, 0.25) is 5.02 Å². The van der Waals surface area contributed by atoms with Crippen LogP contribution in [0.4, 0.5) is 5.69 Å². The normalized spacial score (nSPS) is 27.9. The van der Waals surface area contributed by atoms with Crippen molar-refractivity contribution in [2.45, 2.75) is 37.9 Å². The van der Waals surface area contributed by atoms with E-state index >= 15 is 0 Å². The Morgan fingerprint density at radius 1 is 1.06 bits per heavy atom. The standard InChI is InChI=1S/C26H25ClN2O4/c1-25(2,3)16-6-4-15(5-7-16)22(30)28-14-26-13-12-19(33-26)20-21(26)24(32)29(23(20)31)18-10-8-17(27)9-11-18/h4-13,19-21H,14H2,1-3H3,(H,28,30)/t19-,20+,21+,26-/m0/s1. The average Bonchev–Trinajstić information content (AvgIpc) is 3.43. The molecule has 2 aromatic rings. The second kappa shape index (κ2) is 7.54. The Morgan fingerprint density at radius 3 is 2.36 bits per heavy atom. The van der Waals surface area contributed by atoms with Crippen LogP contribution >= 0.6 is 11.6 Å². The fourth-order valence-corrected chi connectivity index (χ4v) is 5.12. The number of nitrogens with zero attached hydrogens (tertiary/aromatic N) is 1.